The van der Waals surface area contributed by atoms with Gasteiger partial charge in [0.05, 0.1) is 19.8 Å². The highest BCUT2D eigenvalue weighted by atomic mass is 16.5. The Morgan fingerprint density at radius 1 is 1.38 bits per heavy atom. The average molecular weight is 331 g/mol. The van der Waals surface area contributed by atoms with Crippen molar-refractivity contribution >= 4 is 11.0 Å². The van der Waals surface area contributed by atoms with E-state index in [1.54, 1.807) is 6.07 Å². The minimum atomic E-state index is -0.299. The number of rotatable bonds is 5. The predicted molar refractivity (Wildman–Crippen MR) is 93.9 cm³/mol. The minimum Gasteiger partial charge on any atom is -0.493 e. The molecular formula is C19H25NO4. The number of hydrogen-bond acceptors (Lipinski definition) is 5. The third-order valence-corrected chi connectivity index (χ3v) is 4.40. The molecule has 1 fully saturated rings. The third kappa shape index (κ3) is 3.79. The van der Waals surface area contributed by atoms with E-state index >= 15 is 0 Å². The maximum absolute atomic E-state index is 11.9. The second-order valence-electron chi connectivity index (χ2n) is 6.36. The van der Waals surface area contributed by atoms with Crippen molar-refractivity contribution in [1.29, 1.82) is 0 Å². The Bertz CT molecular complexity index is 745. The van der Waals surface area contributed by atoms with Crippen LogP contribution in [0, 0.1) is 12.8 Å². The van der Waals surface area contributed by atoms with E-state index in [-0.39, 0.29) is 5.63 Å². The van der Waals surface area contributed by atoms with Crippen LogP contribution in [0.4, 0.5) is 0 Å². The van der Waals surface area contributed by atoms with Gasteiger partial charge in [0.15, 0.2) is 0 Å². The monoisotopic (exact) mass is 331 g/mol. The summed E-state index contributed by atoms with van der Waals surface area (Å²) in [7, 11) is 0. The predicted octanol–water partition coefficient (Wildman–Crippen LogP) is 2.67. The molecule has 1 aromatic carbocycles. The Morgan fingerprint density at radius 2 is 2.25 bits per heavy atom. The summed E-state index contributed by atoms with van der Waals surface area (Å²) in [4.78, 5) is 11.9. The van der Waals surface area contributed by atoms with Gasteiger partial charge in [-0.25, -0.2) is 4.79 Å². The summed E-state index contributed by atoms with van der Waals surface area (Å²) in [5, 5.41) is 4.34. The number of benzene rings is 1. The van der Waals surface area contributed by atoms with Crippen LogP contribution in [0.3, 0.4) is 0 Å². The SMILES string of the molecule is CCCc1cc(=O)oc2c(C)c(OCC3CNCCOC3)ccc12. The Kier molecular flexibility index (Phi) is 5.53. The molecule has 0 radical (unpaired) electrons. The Balaban J connectivity index is 1.84. The van der Waals surface area contributed by atoms with E-state index in [1.165, 1.54) is 0 Å². The summed E-state index contributed by atoms with van der Waals surface area (Å²) < 4.78 is 17.0. The molecule has 1 unspecified atom stereocenters. The maximum Gasteiger partial charge on any atom is 0.336 e. The van der Waals surface area contributed by atoms with E-state index in [0.29, 0.717) is 24.7 Å². The van der Waals surface area contributed by atoms with Gasteiger partial charge in [0.25, 0.3) is 0 Å². The molecule has 0 aliphatic carbocycles. The van der Waals surface area contributed by atoms with Crippen LogP contribution in [0.2, 0.25) is 0 Å². The minimum absolute atomic E-state index is 0.299. The summed E-state index contributed by atoms with van der Waals surface area (Å²) in [6.07, 6.45) is 1.86. The number of hydrogen-bond donors (Lipinski definition) is 1. The van der Waals surface area contributed by atoms with Crippen LogP contribution in [0.15, 0.2) is 27.4 Å². The molecule has 1 atom stereocenters. The molecule has 5 nitrogen and oxygen atoms in total. The van der Waals surface area contributed by atoms with E-state index in [4.69, 9.17) is 13.9 Å². The normalized spacial score (nSPS) is 18.5. The van der Waals surface area contributed by atoms with Crippen LogP contribution < -0.4 is 15.7 Å². The molecular weight excluding hydrogens is 306 g/mol. The maximum atomic E-state index is 11.9. The zero-order valence-electron chi connectivity index (χ0n) is 14.4. The smallest absolute Gasteiger partial charge is 0.336 e. The molecule has 0 spiro atoms. The van der Waals surface area contributed by atoms with Crippen LogP contribution in [0.1, 0.15) is 24.5 Å². The van der Waals surface area contributed by atoms with Gasteiger partial charge in [-0.3, -0.25) is 0 Å². The highest BCUT2D eigenvalue weighted by Gasteiger charge is 2.15. The fourth-order valence-electron chi connectivity index (χ4n) is 3.11. The number of nitrogens with one attached hydrogen (secondary N) is 1. The van der Waals surface area contributed by atoms with Gasteiger partial charge in [-0.05, 0) is 31.0 Å². The Labute approximate surface area is 141 Å². The molecule has 1 N–H and O–H groups in total. The molecule has 0 bridgehead atoms. The number of fused-ring (bicyclic) bond motifs is 1. The zero-order chi connectivity index (χ0) is 16.9. The van der Waals surface area contributed by atoms with E-state index in [1.807, 2.05) is 19.1 Å². The van der Waals surface area contributed by atoms with E-state index in [2.05, 4.69) is 12.2 Å². The number of aryl methyl sites for hydroxylation is 2. The summed E-state index contributed by atoms with van der Waals surface area (Å²) >= 11 is 0. The fourth-order valence-corrected chi connectivity index (χ4v) is 3.11. The van der Waals surface area contributed by atoms with Gasteiger partial charge in [-0.2, -0.15) is 0 Å². The number of ether oxygens (including phenoxy) is 2. The van der Waals surface area contributed by atoms with Crippen molar-refractivity contribution < 1.29 is 13.9 Å². The molecule has 1 aliphatic rings. The molecule has 1 aliphatic heterocycles. The fraction of sp³-hybridized carbons (Fsp3) is 0.526. The van der Waals surface area contributed by atoms with Gasteiger partial charge in [-0.15, -0.1) is 0 Å². The van der Waals surface area contributed by atoms with Crippen molar-refractivity contribution in [1.82, 2.24) is 5.32 Å². The van der Waals surface area contributed by atoms with Gasteiger partial charge >= 0.3 is 5.63 Å². The van der Waals surface area contributed by atoms with E-state index in [9.17, 15) is 4.79 Å². The Hall–Kier alpha value is -1.85. The van der Waals surface area contributed by atoms with Crippen LogP contribution in [0.5, 0.6) is 5.75 Å². The molecule has 5 heteroatoms. The van der Waals surface area contributed by atoms with Gasteiger partial charge in [0, 0.05) is 36.0 Å². The topological polar surface area (TPSA) is 60.7 Å². The second kappa shape index (κ2) is 7.81. The van der Waals surface area contributed by atoms with E-state index in [0.717, 1.165) is 54.8 Å². The lowest BCUT2D eigenvalue weighted by Gasteiger charge is -2.17. The van der Waals surface area contributed by atoms with Crippen molar-refractivity contribution in [3.05, 3.63) is 39.7 Å². The second-order valence-corrected chi connectivity index (χ2v) is 6.36. The molecule has 3 rings (SSSR count). The third-order valence-electron chi connectivity index (χ3n) is 4.40. The lowest BCUT2D eigenvalue weighted by Crippen LogP contribution is -2.27. The van der Waals surface area contributed by atoms with Crippen molar-refractivity contribution in [3.8, 4) is 5.75 Å². The van der Waals surface area contributed by atoms with E-state index < -0.39 is 0 Å². The molecule has 2 aromatic rings. The van der Waals surface area contributed by atoms with Gasteiger partial charge < -0.3 is 19.2 Å². The first kappa shape index (κ1) is 17.0. The summed E-state index contributed by atoms with van der Waals surface area (Å²) in [6.45, 7) is 7.86. The first-order valence-electron chi connectivity index (χ1n) is 8.66. The first-order valence-corrected chi connectivity index (χ1v) is 8.66. The molecule has 0 amide bonds. The van der Waals surface area contributed by atoms with Crippen molar-refractivity contribution in [2.75, 3.05) is 32.9 Å². The lowest BCUT2D eigenvalue weighted by atomic mass is 10.0. The van der Waals surface area contributed by atoms with Gasteiger partial charge in [-0.1, -0.05) is 13.3 Å². The molecule has 1 aromatic heterocycles. The lowest BCUT2D eigenvalue weighted by molar-refractivity contribution is 0.101. The van der Waals surface area contributed by atoms with Crippen LogP contribution in [0.25, 0.3) is 11.0 Å². The van der Waals surface area contributed by atoms with Crippen molar-refractivity contribution in [3.63, 3.8) is 0 Å². The van der Waals surface area contributed by atoms with Crippen molar-refractivity contribution in [2.24, 2.45) is 5.92 Å². The highest BCUT2D eigenvalue weighted by molar-refractivity contribution is 5.84. The largest absolute Gasteiger partial charge is 0.493 e. The molecule has 130 valence electrons. The van der Waals surface area contributed by atoms with Gasteiger partial charge in [0.2, 0.25) is 0 Å². The molecule has 24 heavy (non-hydrogen) atoms. The van der Waals surface area contributed by atoms with Crippen molar-refractivity contribution in [2.45, 2.75) is 26.7 Å². The van der Waals surface area contributed by atoms with Crippen LogP contribution in [-0.2, 0) is 11.2 Å². The van der Waals surface area contributed by atoms with Gasteiger partial charge in [0.1, 0.15) is 11.3 Å². The Morgan fingerprint density at radius 3 is 3.08 bits per heavy atom. The zero-order valence-corrected chi connectivity index (χ0v) is 14.4. The first-order chi connectivity index (χ1) is 11.7. The molecule has 2 heterocycles. The average Bonchev–Trinajstić information content (AvgIpc) is 2.84. The van der Waals surface area contributed by atoms with Crippen LogP contribution in [-0.4, -0.2) is 32.9 Å². The molecule has 1 saturated heterocycles. The standard InChI is InChI=1S/C19H25NO4/c1-3-4-15-9-18(21)24-19-13(2)17(6-5-16(15)19)23-12-14-10-20-7-8-22-11-14/h5-6,9,14,20H,3-4,7-8,10-12H2,1-2H3. The summed E-state index contributed by atoms with van der Waals surface area (Å²) in [5.41, 5.74) is 2.26. The quantitative estimate of drug-likeness (QED) is 0.854. The summed E-state index contributed by atoms with van der Waals surface area (Å²) in [5.74, 6) is 1.09. The summed E-state index contributed by atoms with van der Waals surface area (Å²) in [6, 6.07) is 5.57. The van der Waals surface area contributed by atoms with Crippen LogP contribution >= 0.6 is 0 Å². The highest BCUT2D eigenvalue weighted by Crippen LogP contribution is 2.29. The molecule has 0 saturated carbocycles.